The lowest BCUT2D eigenvalue weighted by atomic mass is 10.0. The molecule has 7 heteroatoms. The van der Waals surface area contributed by atoms with Gasteiger partial charge in [0.1, 0.15) is 10.5 Å². The first-order valence-electron chi connectivity index (χ1n) is 9.52. The number of aromatic nitrogens is 1. The average molecular weight is 433 g/mol. The van der Waals surface area contributed by atoms with Crippen molar-refractivity contribution < 1.29 is 17.4 Å². The molecule has 4 aromatic rings. The lowest BCUT2D eigenvalue weighted by Gasteiger charge is -2.16. The minimum atomic E-state index is -4.29. The number of carbonyl (C=O) groups is 1. The van der Waals surface area contributed by atoms with E-state index in [2.05, 4.69) is 0 Å². The Labute approximate surface area is 179 Å². The van der Waals surface area contributed by atoms with Crippen molar-refractivity contribution in [1.82, 2.24) is 4.57 Å². The molecule has 0 spiro atoms. The number of hydrogen-bond donors (Lipinski definition) is 0. The van der Waals surface area contributed by atoms with Gasteiger partial charge in [-0.2, -0.15) is 8.42 Å². The molecule has 0 aliphatic rings. The molecule has 0 aliphatic carbocycles. The number of pyridine rings is 1. The zero-order valence-corrected chi connectivity index (χ0v) is 17.7. The van der Waals surface area contributed by atoms with Crippen molar-refractivity contribution in [3.8, 4) is 5.75 Å². The first-order chi connectivity index (χ1) is 14.8. The van der Waals surface area contributed by atoms with E-state index >= 15 is 0 Å². The molecule has 0 N–H and O–H groups in total. The van der Waals surface area contributed by atoms with Crippen molar-refractivity contribution in [3.05, 3.63) is 106 Å². The Hall–Kier alpha value is -3.71. The summed E-state index contributed by atoms with van der Waals surface area (Å²) in [6, 6.07) is 21.1. The highest BCUT2D eigenvalue weighted by Gasteiger charge is 2.28. The number of ketones is 1. The van der Waals surface area contributed by atoms with Gasteiger partial charge in [-0.25, -0.2) is 0 Å². The number of benzene rings is 3. The van der Waals surface area contributed by atoms with E-state index in [1.165, 1.54) is 23.7 Å². The summed E-state index contributed by atoms with van der Waals surface area (Å²) in [6.07, 6.45) is 0. The van der Waals surface area contributed by atoms with Crippen molar-refractivity contribution in [1.29, 1.82) is 0 Å². The predicted molar refractivity (Wildman–Crippen MR) is 118 cm³/mol. The van der Waals surface area contributed by atoms with E-state index in [4.69, 9.17) is 4.18 Å². The minimum absolute atomic E-state index is 0.0685. The molecular weight excluding hydrogens is 414 g/mol. The topological polar surface area (TPSA) is 82.4 Å². The number of hydrogen-bond acceptors (Lipinski definition) is 5. The Morgan fingerprint density at radius 3 is 2.16 bits per heavy atom. The van der Waals surface area contributed by atoms with Crippen LogP contribution in [0.3, 0.4) is 0 Å². The Kier molecular flexibility index (Phi) is 5.20. The van der Waals surface area contributed by atoms with Gasteiger partial charge in [0, 0.05) is 18.0 Å². The first kappa shape index (κ1) is 20.6. The Morgan fingerprint density at radius 1 is 0.871 bits per heavy atom. The molecule has 6 nitrogen and oxygen atoms in total. The van der Waals surface area contributed by atoms with Crippen molar-refractivity contribution in [3.63, 3.8) is 0 Å². The van der Waals surface area contributed by atoms with E-state index in [-0.39, 0.29) is 21.8 Å². The fourth-order valence-electron chi connectivity index (χ4n) is 3.35. The van der Waals surface area contributed by atoms with Crippen LogP contribution in [0, 0.1) is 6.92 Å². The average Bonchev–Trinajstić information content (AvgIpc) is 2.78. The van der Waals surface area contributed by atoms with Gasteiger partial charge in [0.2, 0.25) is 5.78 Å². The van der Waals surface area contributed by atoms with Gasteiger partial charge < -0.3 is 8.75 Å². The Balaban J connectivity index is 1.99. The van der Waals surface area contributed by atoms with Gasteiger partial charge in [-0.05, 0) is 31.2 Å². The fourth-order valence-corrected chi connectivity index (χ4v) is 4.31. The van der Waals surface area contributed by atoms with Crippen molar-refractivity contribution in [2.75, 3.05) is 0 Å². The number of fused-ring (bicyclic) bond motifs is 1. The predicted octanol–water partition coefficient (Wildman–Crippen LogP) is 3.85. The molecule has 0 radical (unpaired) electrons. The fraction of sp³-hybridized carbons (Fsp3) is 0.0833. The maximum absolute atomic E-state index is 13.3. The van der Waals surface area contributed by atoms with E-state index in [9.17, 15) is 18.0 Å². The molecular formula is C24H19NO5S. The monoisotopic (exact) mass is 433 g/mol. The lowest BCUT2D eigenvalue weighted by molar-refractivity contribution is 0.103. The summed E-state index contributed by atoms with van der Waals surface area (Å²) in [5.74, 6) is -0.880. The van der Waals surface area contributed by atoms with Crippen LogP contribution in [-0.4, -0.2) is 18.8 Å². The van der Waals surface area contributed by atoms with Crippen LogP contribution in [0.5, 0.6) is 5.75 Å². The van der Waals surface area contributed by atoms with Crippen LogP contribution in [0.4, 0.5) is 0 Å². The number of nitrogens with zero attached hydrogens (tertiary/aromatic N) is 1. The molecule has 0 aliphatic heterocycles. The molecule has 156 valence electrons. The molecule has 1 heterocycles. The van der Waals surface area contributed by atoms with E-state index in [1.54, 1.807) is 66.7 Å². The van der Waals surface area contributed by atoms with Gasteiger partial charge in [0.15, 0.2) is 5.75 Å². The highest BCUT2D eigenvalue weighted by molar-refractivity contribution is 7.87. The summed E-state index contributed by atoms with van der Waals surface area (Å²) < 4.78 is 32.8. The molecule has 4 rings (SSSR count). The standard InChI is InChI=1S/C24H19NO5S/c1-16-12-14-18(15-13-16)31(28,29)30-23-19-10-6-7-11-20(19)25(2)24(27)21(23)22(26)17-8-4-3-5-9-17/h3-15H,1-2H3. The second-order valence-corrected chi connectivity index (χ2v) is 8.68. The summed E-state index contributed by atoms with van der Waals surface area (Å²) in [5.41, 5.74) is 0.626. The van der Waals surface area contributed by atoms with Gasteiger partial charge in [0.05, 0.1) is 5.52 Å². The molecule has 0 amide bonds. The zero-order valence-electron chi connectivity index (χ0n) is 16.9. The molecule has 1 aromatic heterocycles. The lowest BCUT2D eigenvalue weighted by Crippen LogP contribution is -2.27. The maximum Gasteiger partial charge on any atom is 0.339 e. The first-order valence-corrected chi connectivity index (χ1v) is 10.9. The molecule has 0 atom stereocenters. The second-order valence-electron chi connectivity index (χ2n) is 7.13. The van der Waals surface area contributed by atoms with Crippen molar-refractivity contribution in [2.45, 2.75) is 11.8 Å². The van der Waals surface area contributed by atoms with Crippen LogP contribution in [0.1, 0.15) is 21.5 Å². The van der Waals surface area contributed by atoms with Crippen LogP contribution in [-0.2, 0) is 17.2 Å². The van der Waals surface area contributed by atoms with Crippen LogP contribution >= 0.6 is 0 Å². The largest absolute Gasteiger partial charge is 0.377 e. The molecule has 3 aromatic carbocycles. The normalized spacial score (nSPS) is 11.4. The van der Waals surface area contributed by atoms with Crippen LogP contribution < -0.4 is 9.74 Å². The number of aryl methyl sites for hydroxylation is 2. The quantitative estimate of drug-likeness (QED) is 0.353. The van der Waals surface area contributed by atoms with Crippen LogP contribution in [0.25, 0.3) is 10.9 Å². The second kappa shape index (κ2) is 7.85. The summed E-state index contributed by atoms with van der Waals surface area (Å²) in [7, 11) is -2.76. The van der Waals surface area contributed by atoms with E-state index in [0.29, 0.717) is 10.9 Å². The number of carbonyl (C=O) groups excluding carboxylic acids is 1. The summed E-state index contributed by atoms with van der Waals surface area (Å²) in [6.45, 7) is 1.84. The molecule has 0 bridgehead atoms. The molecule has 0 unspecified atom stereocenters. The van der Waals surface area contributed by atoms with Crippen molar-refractivity contribution >= 4 is 26.8 Å². The third-order valence-corrected chi connectivity index (χ3v) is 6.26. The van der Waals surface area contributed by atoms with Gasteiger partial charge in [-0.3, -0.25) is 9.59 Å². The summed E-state index contributed by atoms with van der Waals surface area (Å²) >= 11 is 0. The molecule has 0 fully saturated rings. The van der Waals surface area contributed by atoms with E-state index in [1.807, 2.05) is 6.92 Å². The number of rotatable bonds is 5. The van der Waals surface area contributed by atoms with Gasteiger partial charge in [-0.1, -0.05) is 60.2 Å². The molecule has 0 saturated carbocycles. The Morgan fingerprint density at radius 2 is 1.48 bits per heavy atom. The third kappa shape index (κ3) is 3.75. The smallest absolute Gasteiger partial charge is 0.339 e. The Bertz CT molecular complexity index is 1450. The van der Waals surface area contributed by atoms with Gasteiger partial charge in [-0.15, -0.1) is 0 Å². The van der Waals surface area contributed by atoms with Crippen LogP contribution in [0.2, 0.25) is 0 Å². The minimum Gasteiger partial charge on any atom is -0.377 e. The van der Waals surface area contributed by atoms with Gasteiger partial charge in [0.25, 0.3) is 5.56 Å². The van der Waals surface area contributed by atoms with E-state index < -0.39 is 21.5 Å². The number of para-hydroxylation sites is 1. The van der Waals surface area contributed by atoms with Crippen LogP contribution in [0.15, 0.2) is 88.6 Å². The summed E-state index contributed by atoms with van der Waals surface area (Å²) in [5, 5.41) is 0.347. The van der Waals surface area contributed by atoms with Gasteiger partial charge >= 0.3 is 10.1 Å². The zero-order chi connectivity index (χ0) is 22.2. The van der Waals surface area contributed by atoms with E-state index in [0.717, 1.165) is 5.56 Å². The summed E-state index contributed by atoms with van der Waals surface area (Å²) in [4.78, 5) is 26.3. The molecule has 0 saturated heterocycles. The third-order valence-electron chi connectivity index (χ3n) is 5.02. The van der Waals surface area contributed by atoms with Crippen molar-refractivity contribution in [2.24, 2.45) is 7.05 Å². The SMILES string of the molecule is Cc1ccc(S(=O)(=O)Oc2c(C(=O)c3ccccc3)c(=O)n(C)c3ccccc23)cc1. The highest BCUT2D eigenvalue weighted by atomic mass is 32.2. The highest BCUT2D eigenvalue weighted by Crippen LogP contribution is 2.31. The molecule has 31 heavy (non-hydrogen) atoms. The maximum atomic E-state index is 13.3.